The standard InChI is InChI=1S/C16H14F3N3O/c1-3-10-4-6-11(7-5-10)22-15-14(9(2)21-22)12(16(17,18)19)8-13(23)20-15/h4-8H,3H2,1-2H3,(H,20,23). The maximum atomic E-state index is 13.2. The Balaban J connectivity index is 2.31. The zero-order valence-electron chi connectivity index (χ0n) is 12.5. The van der Waals surface area contributed by atoms with Crippen LogP contribution in [0.4, 0.5) is 13.2 Å². The van der Waals surface area contributed by atoms with Gasteiger partial charge < -0.3 is 4.98 Å². The summed E-state index contributed by atoms with van der Waals surface area (Å²) in [5, 5.41) is 4.09. The largest absolute Gasteiger partial charge is 0.417 e. The summed E-state index contributed by atoms with van der Waals surface area (Å²) in [7, 11) is 0. The molecule has 0 fully saturated rings. The van der Waals surface area contributed by atoms with Crippen LogP contribution in [0.3, 0.4) is 0 Å². The number of H-pyrrole nitrogens is 1. The molecule has 2 aromatic heterocycles. The number of hydrogen-bond donors (Lipinski definition) is 1. The van der Waals surface area contributed by atoms with Gasteiger partial charge in [-0.05, 0) is 31.0 Å². The first-order valence-corrected chi connectivity index (χ1v) is 7.10. The van der Waals surface area contributed by atoms with E-state index in [-0.39, 0.29) is 16.7 Å². The lowest BCUT2D eigenvalue weighted by molar-refractivity contribution is -0.136. The fourth-order valence-electron chi connectivity index (χ4n) is 2.60. The van der Waals surface area contributed by atoms with E-state index in [0.29, 0.717) is 11.8 Å². The second-order valence-corrected chi connectivity index (χ2v) is 5.29. The van der Waals surface area contributed by atoms with Crippen molar-refractivity contribution >= 4 is 11.0 Å². The summed E-state index contributed by atoms with van der Waals surface area (Å²) in [5.41, 5.74) is 0.178. The molecule has 0 aliphatic heterocycles. The SMILES string of the molecule is CCc1ccc(-n2nc(C)c3c(C(F)(F)F)cc(=O)[nH]c32)cc1. The molecule has 7 heteroatoms. The van der Waals surface area contributed by atoms with Gasteiger partial charge in [0.25, 0.3) is 0 Å². The number of alkyl halides is 3. The van der Waals surface area contributed by atoms with Crippen molar-refractivity contribution in [3.63, 3.8) is 0 Å². The summed E-state index contributed by atoms with van der Waals surface area (Å²) in [5.74, 6) is 0. The third kappa shape index (κ3) is 2.62. The van der Waals surface area contributed by atoms with Gasteiger partial charge in [0.05, 0.1) is 22.3 Å². The Kier molecular flexibility index (Phi) is 3.50. The topological polar surface area (TPSA) is 50.7 Å². The molecule has 3 rings (SSSR count). The van der Waals surface area contributed by atoms with Gasteiger partial charge in [-0.3, -0.25) is 4.79 Å². The van der Waals surface area contributed by atoms with Gasteiger partial charge in [0.2, 0.25) is 5.56 Å². The number of pyridine rings is 1. The van der Waals surface area contributed by atoms with Crippen LogP contribution in [0.5, 0.6) is 0 Å². The molecule has 0 saturated heterocycles. The van der Waals surface area contributed by atoms with Gasteiger partial charge in [-0.15, -0.1) is 0 Å². The number of benzene rings is 1. The monoisotopic (exact) mass is 321 g/mol. The van der Waals surface area contributed by atoms with Crippen molar-refractivity contribution in [2.45, 2.75) is 26.4 Å². The third-order valence-electron chi connectivity index (χ3n) is 3.74. The average molecular weight is 321 g/mol. The summed E-state index contributed by atoms with van der Waals surface area (Å²) in [6.07, 6.45) is -3.76. The molecule has 0 amide bonds. The van der Waals surface area contributed by atoms with Gasteiger partial charge in [-0.25, -0.2) is 4.68 Å². The molecule has 1 aromatic carbocycles. The highest BCUT2D eigenvalue weighted by molar-refractivity contribution is 5.83. The average Bonchev–Trinajstić information content (AvgIpc) is 2.82. The normalized spacial score (nSPS) is 12.0. The Bertz CT molecular complexity index is 921. The second kappa shape index (κ2) is 5.26. The highest BCUT2D eigenvalue weighted by Gasteiger charge is 2.35. The van der Waals surface area contributed by atoms with E-state index < -0.39 is 17.3 Å². The number of aromatic nitrogens is 3. The molecule has 0 atom stereocenters. The quantitative estimate of drug-likeness (QED) is 0.784. The fourth-order valence-corrected chi connectivity index (χ4v) is 2.60. The van der Waals surface area contributed by atoms with Gasteiger partial charge >= 0.3 is 6.18 Å². The van der Waals surface area contributed by atoms with Crippen LogP contribution >= 0.6 is 0 Å². The lowest BCUT2D eigenvalue weighted by Crippen LogP contribution is -2.14. The molecule has 3 aromatic rings. The fraction of sp³-hybridized carbons (Fsp3) is 0.250. The number of nitrogens with one attached hydrogen (secondary N) is 1. The number of aryl methyl sites for hydroxylation is 2. The smallest absolute Gasteiger partial charge is 0.306 e. The van der Waals surface area contributed by atoms with Crippen LogP contribution in [0.1, 0.15) is 23.7 Å². The minimum Gasteiger partial charge on any atom is -0.306 e. The lowest BCUT2D eigenvalue weighted by Gasteiger charge is -2.08. The number of rotatable bonds is 2. The van der Waals surface area contributed by atoms with E-state index in [4.69, 9.17) is 0 Å². The maximum absolute atomic E-state index is 13.2. The Morgan fingerprint density at radius 1 is 1.22 bits per heavy atom. The van der Waals surface area contributed by atoms with Crippen LogP contribution in [0.2, 0.25) is 0 Å². The summed E-state index contributed by atoms with van der Waals surface area (Å²) < 4.78 is 40.9. The first-order valence-electron chi connectivity index (χ1n) is 7.10. The molecule has 23 heavy (non-hydrogen) atoms. The van der Waals surface area contributed by atoms with E-state index in [1.54, 1.807) is 12.1 Å². The van der Waals surface area contributed by atoms with Crippen molar-refractivity contribution in [3.05, 3.63) is 57.5 Å². The summed E-state index contributed by atoms with van der Waals surface area (Å²) in [6, 6.07) is 7.86. The lowest BCUT2D eigenvalue weighted by atomic mass is 10.1. The van der Waals surface area contributed by atoms with Gasteiger partial charge in [0, 0.05) is 6.07 Å². The van der Waals surface area contributed by atoms with E-state index in [1.807, 2.05) is 19.1 Å². The van der Waals surface area contributed by atoms with Crippen LogP contribution in [-0.4, -0.2) is 14.8 Å². The van der Waals surface area contributed by atoms with Gasteiger partial charge in [0.15, 0.2) is 0 Å². The van der Waals surface area contributed by atoms with Gasteiger partial charge in [-0.1, -0.05) is 19.1 Å². The first kappa shape index (κ1) is 15.3. The molecular weight excluding hydrogens is 307 g/mol. The predicted molar refractivity (Wildman–Crippen MR) is 80.8 cm³/mol. The van der Waals surface area contributed by atoms with E-state index in [2.05, 4.69) is 10.1 Å². The van der Waals surface area contributed by atoms with Crippen LogP contribution in [0, 0.1) is 6.92 Å². The molecule has 1 N–H and O–H groups in total. The molecule has 0 radical (unpaired) electrons. The summed E-state index contributed by atoms with van der Waals surface area (Å²) in [4.78, 5) is 14.1. The molecular formula is C16H14F3N3O. The molecule has 0 unspecified atom stereocenters. The van der Waals surface area contributed by atoms with Crippen molar-refractivity contribution in [1.29, 1.82) is 0 Å². The Hall–Kier alpha value is -2.57. The molecule has 0 aliphatic rings. The number of fused-ring (bicyclic) bond motifs is 1. The molecule has 0 spiro atoms. The van der Waals surface area contributed by atoms with Crippen molar-refractivity contribution in [2.24, 2.45) is 0 Å². The van der Waals surface area contributed by atoms with Gasteiger partial charge in [-0.2, -0.15) is 18.3 Å². The zero-order chi connectivity index (χ0) is 16.8. The van der Waals surface area contributed by atoms with E-state index in [9.17, 15) is 18.0 Å². The van der Waals surface area contributed by atoms with Crippen LogP contribution in [0.25, 0.3) is 16.7 Å². The Morgan fingerprint density at radius 2 is 1.87 bits per heavy atom. The zero-order valence-corrected chi connectivity index (χ0v) is 12.5. The van der Waals surface area contributed by atoms with Crippen molar-refractivity contribution in [2.75, 3.05) is 0 Å². The molecule has 0 bridgehead atoms. The minimum atomic E-state index is -4.61. The maximum Gasteiger partial charge on any atom is 0.417 e. The molecule has 0 aliphatic carbocycles. The molecule has 4 nitrogen and oxygen atoms in total. The van der Waals surface area contributed by atoms with Crippen molar-refractivity contribution in [3.8, 4) is 5.69 Å². The van der Waals surface area contributed by atoms with E-state index >= 15 is 0 Å². The van der Waals surface area contributed by atoms with Crippen molar-refractivity contribution in [1.82, 2.24) is 14.8 Å². The van der Waals surface area contributed by atoms with Crippen LogP contribution in [0.15, 0.2) is 35.1 Å². The summed E-state index contributed by atoms with van der Waals surface area (Å²) >= 11 is 0. The van der Waals surface area contributed by atoms with Crippen molar-refractivity contribution < 1.29 is 13.2 Å². The molecule has 120 valence electrons. The Morgan fingerprint density at radius 3 is 2.43 bits per heavy atom. The third-order valence-corrected chi connectivity index (χ3v) is 3.74. The predicted octanol–water partition coefficient (Wildman–Crippen LogP) is 3.60. The molecule has 0 saturated carbocycles. The minimum absolute atomic E-state index is 0.0478. The second-order valence-electron chi connectivity index (χ2n) is 5.29. The van der Waals surface area contributed by atoms with E-state index in [0.717, 1.165) is 12.0 Å². The number of halogens is 3. The number of hydrogen-bond acceptors (Lipinski definition) is 2. The Labute approximate surface area is 129 Å². The number of aromatic amines is 1. The first-order chi connectivity index (χ1) is 10.8. The van der Waals surface area contributed by atoms with Crippen LogP contribution in [-0.2, 0) is 12.6 Å². The molecule has 2 heterocycles. The summed E-state index contributed by atoms with van der Waals surface area (Å²) in [6.45, 7) is 3.50. The highest BCUT2D eigenvalue weighted by Crippen LogP contribution is 2.35. The van der Waals surface area contributed by atoms with Gasteiger partial charge in [0.1, 0.15) is 5.65 Å². The van der Waals surface area contributed by atoms with E-state index in [1.165, 1.54) is 11.6 Å². The number of nitrogens with zero attached hydrogens (tertiary/aromatic N) is 2. The van der Waals surface area contributed by atoms with Crippen LogP contribution < -0.4 is 5.56 Å². The highest BCUT2D eigenvalue weighted by atomic mass is 19.4.